The van der Waals surface area contributed by atoms with Gasteiger partial charge in [-0.2, -0.15) is 0 Å². The molecule has 0 bridgehead atoms. The van der Waals surface area contributed by atoms with Crippen molar-refractivity contribution in [3.05, 3.63) is 54.1 Å². The van der Waals surface area contributed by atoms with Crippen LogP contribution in [0.3, 0.4) is 0 Å². The summed E-state index contributed by atoms with van der Waals surface area (Å²) in [6, 6.07) is 10.8. The maximum Gasteiger partial charge on any atom is 0.254 e. The molecule has 29 heavy (non-hydrogen) atoms. The minimum atomic E-state index is 1.14. The minimum Gasteiger partial charge on any atom is -0.248 e. The van der Waals surface area contributed by atoms with Gasteiger partial charge in [-0.3, -0.25) is 0 Å². The van der Waals surface area contributed by atoms with Gasteiger partial charge in [0.25, 0.3) is 5.82 Å². The van der Waals surface area contributed by atoms with Gasteiger partial charge in [-0.05, 0) is 31.2 Å². The van der Waals surface area contributed by atoms with Crippen LogP contribution >= 0.6 is 0 Å². The smallest absolute Gasteiger partial charge is 0.248 e. The molecule has 0 spiro atoms. The monoisotopic (exact) mass is 397 g/mol. The van der Waals surface area contributed by atoms with E-state index in [4.69, 9.17) is 0 Å². The van der Waals surface area contributed by atoms with Gasteiger partial charge in [0.1, 0.15) is 12.4 Å². The first kappa shape index (κ1) is 23.7. The van der Waals surface area contributed by atoms with Crippen molar-refractivity contribution < 1.29 is 4.57 Å². The molecule has 0 saturated carbocycles. The molecule has 2 rings (SSSR count). The third-order valence-electron chi connectivity index (χ3n) is 6.08. The number of nitrogens with zero attached hydrogens (tertiary/aromatic N) is 1. The predicted molar refractivity (Wildman–Crippen MR) is 125 cm³/mol. The number of nitrogens with one attached hydrogen (secondary N) is 1. The van der Waals surface area contributed by atoms with Crippen molar-refractivity contribution in [2.75, 3.05) is 0 Å². The fraction of sp³-hybridized carbons (Fsp3) is 0.667. The van der Waals surface area contributed by atoms with Crippen LogP contribution in [0.1, 0.15) is 108 Å². The standard InChI is InChI=1S/C27H44N2/c1-2-3-4-5-6-7-8-9-10-11-12-13-17-24-29-25-23-28-27(29)22-18-21-26-19-15-14-16-20-26/h14-16,19-20,23,25H,2-13,17-18,21-22,24H2,1H3/p+1. The van der Waals surface area contributed by atoms with Gasteiger partial charge < -0.3 is 0 Å². The van der Waals surface area contributed by atoms with Crippen molar-refractivity contribution in [3.8, 4) is 0 Å². The van der Waals surface area contributed by atoms with Crippen molar-refractivity contribution >= 4 is 0 Å². The maximum absolute atomic E-state index is 3.45. The van der Waals surface area contributed by atoms with E-state index >= 15 is 0 Å². The van der Waals surface area contributed by atoms with E-state index in [2.05, 4.69) is 59.2 Å². The number of aromatic nitrogens is 2. The number of H-pyrrole nitrogens is 1. The molecule has 0 atom stereocenters. The van der Waals surface area contributed by atoms with E-state index < -0.39 is 0 Å². The zero-order valence-electron chi connectivity index (χ0n) is 19.0. The lowest BCUT2D eigenvalue weighted by molar-refractivity contribution is -0.703. The number of aryl methyl sites for hydroxylation is 3. The van der Waals surface area contributed by atoms with Gasteiger partial charge in [-0.25, -0.2) is 9.55 Å². The van der Waals surface area contributed by atoms with Crippen LogP contribution in [-0.2, 0) is 19.4 Å². The molecule has 0 saturated heterocycles. The SMILES string of the molecule is CCCCCCCCCCCCCCC[n+]1cc[nH]c1CCCc1ccccc1. The Labute approximate surface area is 180 Å². The van der Waals surface area contributed by atoms with Crippen molar-refractivity contribution in [1.29, 1.82) is 0 Å². The molecule has 0 amide bonds. The second-order valence-corrected chi connectivity index (χ2v) is 8.68. The van der Waals surface area contributed by atoms with Crippen molar-refractivity contribution in [2.24, 2.45) is 0 Å². The number of imidazole rings is 1. The lowest BCUT2D eigenvalue weighted by atomic mass is 10.0. The average molecular weight is 398 g/mol. The molecular weight excluding hydrogens is 352 g/mol. The third kappa shape index (κ3) is 11.3. The van der Waals surface area contributed by atoms with E-state index in [1.165, 1.54) is 114 Å². The number of benzene rings is 1. The summed E-state index contributed by atoms with van der Waals surface area (Å²) in [6.45, 7) is 3.46. The van der Waals surface area contributed by atoms with Gasteiger partial charge >= 0.3 is 0 Å². The minimum absolute atomic E-state index is 1.14. The second-order valence-electron chi connectivity index (χ2n) is 8.68. The van der Waals surface area contributed by atoms with Crippen LogP contribution in [0.2, 0.25) is 0 Å². The molecule has 1 aromatic heterocycles. The Morgan fingerprint density at radius 1 is 0.655 bits per heavy atom. The van der Waals surface area contributed by atoms with E-state index in [1.54, 1.807) is 0 Å². The summed E-state index contributed by atoms with van der Waals surface area (Å²) in [4.78, 5) is 3.45. The Morgan fingerprint density at radius 2 is 1.24 bits per heavy atom. The summed E-state index contributed by atoms with van der Waals surface area (Å²) < 4.78 is 2.43. The molecule has 1 aromatic carbocycles. The summed E-state index contributed by atoms with van der Waals surface area (Å²) in [7, 11) is 0. The molecule has 1 N–H and O–H groups in total. The summed E-state index contributed by atoms with van der Waals surface area (Å²) in [5.41, 5.74) is 1.45. The predicted octanol–water partition coefficient (Wildman–Crippen LogP) is 7.57. The molecule has 2 aromatic rings. The highest BCUT2D eigenvalue weighted by Crippen LogP contribution is 2.12. The van der Waals surface area contributed by atoms with Crippen LogP contribution in [0.15, 0.2) is 42.7 Å². The average Bonchev–Trinajstić information content (AvgIpc) is 3.19. The fourth-order valence-corrected chi connectivity index (χ4v) is 4.23. The third-order valence-corrected chi connectivity index (χ3v) is 6.08. The van der Waals surface area contributed by atoms with Gasteiger partial charge in [-0.15, -0.1) is 0 Å². The van der Waals surface area contributed by atoms with E-state index in [1.807, 2.05) is 0 Å². The molecule has 0 aliphatic heterocycles. The Morgan fingerprint density at radius 3 is 1.86 bits per heavy atom. The highest BCUT2D eigenvalue weighted by Gasteiger charge is 2.09. The lowest BCUT2D eigenvalue weighted by Gasteiger charge is -2.04. The first-order chi connectivity index (χ1) is 14.4. The van der Waals surface area contributed by atoms with E-state index in [0.717, 1.165) is 6.42 Å². The van der Waals surface area contributed by atoms with Crippen LogP contribution in [0.5, 0.6) is 0 Å². The normalized spacial score (nSPS) is 11.2. The summed E-state index contributed by atoms with van der Waals surface area (Å²) >= 11 is 0. The molecule has 0 aliphatic rings. The summed E-state index contributed by atoms with van der Waals surface area (Å²) in [5, 5.41) is 0. The zero-order valence-corrected chi connectivity index (χ0v) is 19.0. The van der Waals surface area contributed by atoms with Gasteiger partial charge in [0.15, 0.2) is 0 Å². The number of aromatic amines is 1. The maximum atomic E-state index is 3.45. The Hall–Kier alpha value is -1.57. The summed E-state index contributed by atoms with van der Waals surface area (Å²) in [5.74, 6) is 1.39. The van der Waals surface area contributed by atoms with Crippen LogP contribution in [0.4, 0.5) is 0 Å². The largest absolute Gasteiger partial charge is 0.254 e. The molecule has 2 heteroatoms. The first-order valence-corrected chi connectivity index (χ1v) is 12.5. The molecule has 1 heterocycles. The quantitative estimate of drug-likeness (QED) is 0.198. The number of unbranched alkanes of at least 4 members (excludes halogenated alkanes) is 12. The van der Waals surface area contributed by atoms with Crippen LogP contribution < -0.4 is 4.57 Å². The van der Waals surface area contributed by atoms with Crippen LogP contribution in [-0.4, -0.2) is 4.98 Å². The van der Waals surface area contributed by atoms with Gasteiger partial charge in [0.2, 0.25) is 0 Å². The number of hydrogen-bond donors (Lipinski definition) is 1. The van der Waals surface area contributed by atoms with Crippen LogP contribution in [0.25, 0.3) is 0 Å². The Kier molecular flexibility index (Phi) is 13.3. The molecule has 0 radical (unpaired) electrons. The molecule has 0 unspecified atom stereocenters. The van der Waals surface area contributed by atoms with Crippen molar-refractivity contribution in [2.45, 2.75) is 116 Å². The first-order valence-electron chi connectivity index (χ1n) is 12.5. The van der Waals surface area contributed by atoms with Crippen molar-refractivity contribution in [1.82, 2.24) is 4.98 Å². The van der Waals surface area contributed by atoms with Gasteiger partial charge in [0, 0.05) is 6.42 Å². The highest BCUT2D eigenvalue weighted by molar-refractivity contribution is 5.14. The van der Waals surface area contributed by atoms with Gasteiger partial charge in [0.05, 0.1) is 6.54 Å². The summed E-state index contributed by atoms with van der Waals surface area (Å²) in [6.07, 6.45) is 26.3. The molecule has 0 aliphatic carbocycles. The molecule has 0 fully saturated rings. The Bertz CT molecular complexity index is 602. The molecule has 2 nitrogen and oxygen atoms in total. The molecule has 162 valence electrons. The Balaban J connectivity index is 1.43. The van der Waals surface area contributed by atoms with Crippen LogP contribution in [0, 0.1) is 0 Å². The topological polar surface area (TPSA) is 19.7 Å². The zero-order chi connectivity index (χ0) is 20.4. The fourth-order valence-electron chi connectivity index (χ4n) is 4.23. The highest BCUT2D eigenvalue weighted by atomic mass is 15.1. The van der Waals surface area contributed by atoms with E-state index in [-0.39, 0.29) is 0 Å². The van der Waals surface area contributed by atoms with E-state index in [9.17, 15) is 0 Å². The second kappa shape index (κ2) is 16.3. The number of hydrogen-bond acceptors (Lipinski definition) is 0. The molecular formula is C27H45N2+. The lowest BCUT2D eigenvalue weighted by Crippen LogP contribution is -2.36. The van der Waals surface area contributed by atoms with Crippen molar-refractivity contribution in [3.63, 3.8) is 0 Å². The number of rotatable bonds is 18. The van der Waals surface area contributed by atoms with Gasteiger partial charge in [-0.1, -0.05) is 108 Å². The van der Waals surface area contributed by atoms with E-state index in [0.29, 0.717) is 0 Å².